The first-order valence-electron chi connectivity index (χ1n) is 5.41. The maximum Gasteiger partial charge on any atom is 0.166 e. The van der Waals surface area contributed by atoms with E-state index in [4.69, 9.17) is 16.1 Å². The number of thioether (sulfide) groups is 1. The van der Waals surface area contributed by atoms with Gasteiger partial charge in [-0.25, -0.2) is 4.98 Å². The van der Waals surface area contributed by atoms with Crippen molar-refractivity contribution in [2.24, 2.45) is 0 Å². The van der Waals surface area contributed by atoms with E-state index < -0.39 is 0 Å². The van der Waals surface area contributed by atoms with Gasteiger partial charge in [0.25, 0.3) is 0 Å². The summed E-state index contributed by atoms with van der Waals surface area (Å²) >= 11 is 7.51. The fraction of sp³-hybridized carbons (Fsp3) is 0.167. The van der Waals surface area contributed by atoms with Crippen LogP contribution in [0.15, 0.2) is 33.9 Å². The van der Waals surface area contributed by atoms with Crippen LogP contribution in [0.2, 0.25) is 5.02 Å². The zero-order valence-electron chi connectivity index (χ0n) is 9.61. The summed E-state index contributed by atoms with van der Waals surface area (Å²) in [5.74, 6) is 1.55. The Labute approximate surface area is 113 Å². The molecule has 1 aromatic carbocycles. The summed E-state index contributed by atoms with van der Waals surface area (Å²) in [6.45, 7) is 1.88. The van der Waals surface area contributed by atoms with E-state index in [1.807, 2.05) is 31.2 Å². The second-order valence-electron chi connectivity index (χ2n) is 3.92. The summed E-state index contributed by atoms with van der Waals surface area (Å²) < 4.78 is 5.02. The number of rotatable bonds is 3. The predicted molar refractivity (Wildman–Crippen MR) is 71.9 cm³/mol. The monoisotopic (exact) mass is 279 g/mol. The van der Waals surface area contributed by atoms with Crippen molar-refractivity contribution < 1.29 is 4.52 Å². The Hall–Kier alpha value is -1.46. The van der Waals surface area contributed by atoms with E-state index >= 15 is 0 Å². The summed E-state index contributed by atoms with van der Waals surface area (Å²) in [4.78, 5) is 7.69. The predicted octanol–water partition coefficient (Wildman–Crippen LogP) is 3.81. The average Bonchev–Trinajstić information content (AvgIpc) is 2.92. The van der Waals surface area contributed by atoms with Crippen molar-refractivity contribution in [2.75, 3.05) is 0 Å². The number of H-pyrrole nitrogens is 1. The first kappa shape index (κ1) is 11.6. The molecule has 0 fully saturated rings. The van der Waals surface area contributed by atoms with Crippen molar-refractivity contribution in [3.05, 3.63) is 40.7 Å². The highest BCUT2D eigenvalue weighted by Gasteiger charge is 2.06. The lowest BCUT2D eigenvalue weighted by atomic mass is 10.3. The summed E-state index contributed by atoms with van der Waals surface area (Å²) in [5.41, 5.74) is 2.77. The standard InChI is InChI=1S/C12H10ClN3OS/c1-7-4-9(16-17-7)6-18-12-14-10-3-2-8(13)5-11(10)15-12/h2-5H,6H2,1H3,(H,14,15). The van der Waals surface area contributed by atoms with E-state index in [1.54, 1.807) is 11.8 Å². The molecule has 2 heterocycles. The number of aryl methyl sites for hydroxylation is 1. The molecule has 0 aliphatic heterocycles. The van der Waals surface area contributed by atoms with Crippen LogP contribution in [0.4, 0.5) is 0 Å². The van der Waals surface area contributed by atoms with Gasteiger partial charge in [-0.05, 0) is 25.1 Å². The third kappa shape index (κ3) is 2.37. The molecule has 1 N–H and O–H groups in total. The van der Waals surface area contributed by atoms with Crippen LogP contribution in [0.25, 0.3) is 11.0 Å². The van der Waals surface area contributed by atoms with Gasteiger partial charge in [0.2, 0.25) is 0 Å². The minimum Gasteiger partial charge on any atom is -0.361 e. The normalized spacial score (nSPS) is 11.2. The van der Waals surface area contributed by atoms with Crippen LogP contribution < -0.4 is 0 Å². The van der Waals surface area contributed by atoms with Crippen molar-refractivity contribution in [3.63, 3.8) is 0 Å². The van der Waals surface area contributed by atoms with Crippen LogP contribution in [-0.2, 0) is 5.75 Å². The Morgan fingerprint density at radius 1 is 1.39 bits per heavy atom. The molecule has 3 aromatic rings. The zero-order valence-corrected chi connectivity index (χ0v) is 11.2. The van der Waals surface area contributed by atoms with Crippen molar-refractivity contribution >= 4 is 34.4 Å². The SMILES string of the molecule is Cc1cc(CSc2nc3ccc(Cl)cc3[nH]2)no1. The molecule has 18 heavy (non-hydrogen) atoms. The van der Waals surface area contributed by atoms with E-state index in [1.165, 1.54) is 0 Å². The summed E-state index contributed by atoms with van der Waals surface area (Å²) in [7, 11) is 0. The number of imidazole rings is 1. The third-order valence-corrected chi connectivity index (χ3v) is 3.60. The number of nitrogens with one attached hydrogen (secondary N) is 1. The molecular formula is C12H10ClN3OS. The molecule has 4 nitrogen and oxygen atoms in total. The van der Waals surface area contributed by atoms with Gasteiger partial charge in [0.1, 0.15) is 5.76 Å². The molecule has 0 amide bonds. The molecule has 0 bridgehead atoms. The maximum atomic E-state index is 5.93. The maximum absolute atomic E-state index is 5.93. The summed E-state index contributed by atoms with van der Waals surface area (Å²) in [5, 5.41) is 5.50. The highest BCUT2D eigenvalue weighted by molar-refractivity contribution is 7.98. The van der Waals surface area contributed by atoms with Gasteiger partial charge < -0.3 is 9.51 Å². The number of hydrogen-bond donors (Lipinski definition) is 1. The molecule has 0 saturated heterocycles. The van der Waals surface area contributed by atoms with E-state index in [9.17, 15) is 0 Å². The van der Waals surface area contributed by atoms with Gasteiger partial charge in [-0.3, -0.25) is 0 Å². The molecular weight excluding hydrogens is 270 g/mol. The topological polar surface area (TPSA) is 54.7 Å². The van der Waals surface area contributed by atoms with E-state index in [0.29, 0.717) is 5.02 Å². The lowest BCUT2D eigenvalue weighted by molar-refractivity contribution is 0.393. The number of nitrogens with zero attached hydrogens (tertiary/aromatic N) is 2. The lowest BCUT2D eigenvalue weighted by Crippen LogP contribution is -1.80. The molecule has 0 atom stereocenters. The van der Waals surface area contributed by atoms with E-state index in [0.717, 1.165) is 33.4 Å². The van der Waals surface area contributed by atoms with Gasteiger partial charge in [0, 0.05) is 16.8 Å². The van der Waals surface area contributed by atoms with Gasteiger partial charge in [-0.1, -0.05) is 28.5 Å². The molecule has 0 aliphatic carbocycles. The molecule has 3 rings (SSSR count). The van der Waals surface area contributed by atoms with Gasteiger partial charge in [0.15, 0.2) is 5.16 Å². The van der Waals surface area contributed by atoms with Crippen LogP contribution in [0, 0.1) is 6.92 Å². The van der Waals surface area contributed by atoms with E-state index in [2.05, 4.69) is 15.1 Å². The largest absolute Gasteiger partial charge is 0.361 e. The van der Waals surface area contributed by atoms with Crippen molar-refractivity contribution in [3.8, 4) is 0 Å². The number of halogens is 1. The van der Waals surface area contributed by atoms with Crippen molar-refractivity contribution in [2.45, 2.75) is 17.8 Å². The third-order valence-electron chi connectivity index (χ3n) is 2.46. The first-order chi connectivity index (χ1) is 8.70. The van der Waals surface area contributed by atoms with E-state index in [-0.39, 0.29) is 0 Å². The van der Waals surface area contributed by atoms with Gasteiger partial charge in [-0.2, -0.15) is 0 Å². The molecule has 92 valence electrons. The van der Waals surface area contributed by atoms with Crippen LogP contribution in [0.5, 0.6) is 0 Å². The van der Waals surface area contributed by atoms with Crippen LogP contribution >= 0.6 is 23.4 Å². The van der Waals surface area contributed by atoms with Crippen molar-refractivity contribution in [1.82, 2.24) is 15.1 Å². The Bertz CT molecular complexity index is 692. The number of hydrogen-bond acceptors (Lipinski definition) is 4. The number of aromatic amines is 1. The lowest BCUT2D eigenvalue weighted by Gasteiger charge is -1.91. The highest BCUT2D eigenvalue weighted by atomic mass is 35.5. The van der Waals surface area contributed by atoms with Crippen LogP contribution in [0.3, 0.4) is 0 Å². The Morgan fingerprint density at radius 3 is 3.06 bits per heavy atom. The summed E-state index contributed by atoms with van der Waals surface area (Å²) in [6.07, 6.45) is 0. The average molecular weight is 280 g/mol. The summed E-state index contributed by atoms with van der Waals surface area (Å²) in [6, 6.07) is 7.53. The van der Waals surface area contributed by atoms with Crippen LogP contribution in [-0.4, -0.2) is 15.1 Å². The molecule has 2 aromatic heterocycles. The molecule has 0 saturated carbocycles. The molecule has 0 radical (unpaired) electrons. The number of benzene rings is 1. The smallest absolute Gasteiger partial charge is 0.166 e. The number of fused-ring (bicyclic) bond motifs is 1. The minimum absolute atomic E-state index is 0.704. The molecule has 0 spiro atoms. The Kier molecular flexibility index (Phi) is 3.01. The second kappa shape index (κ2) is 4.66. The second-order valence-corrected chi connectivity index (χ2v) is 5.32. The molecule has 6 heteroatoms. The number of aromatic nitrogens is 3. The fourth-order valence-corrected chi connectivity index (χ4v) is 2.59. The van der Waals surface area contributed by atoms with Gasteiger partial charge in [0.05, 0.1) is 16.7 Å². The molecule has 0 unspecified atom stereocenters. The Morgan fingerprint density at radius 2 is 2.28 bits per heavy atom. The van der Waals surface area contributed by atoms with Gasteiger partial charge >= 0.3 is 0 Å². The molecule has 0 aliphatic rings. The first-order valence-corrected chi connectivity index (χ1v) is 6.77. The van der Waals surface area contributed by atoms with Crippen molar-refractivity contribution in [1.29, 1.82) is 0 Å². The van der Waals surface area contributed by atoms with Gasteiger partial charge in [-0.15, -0.1) is 0 Å². The highest BCUT2D eigenvalue weighted by Crippen LogP contribution is 2.24. The Balaban J connectivity index is 1.78. The minimum atomic E-state index is 0.704. The van der Waals surface area contributed by atoms with Crippen LogP contribution in [0.1, 0.15) is 11.5 Å². The quantitative estimate of drug-likeness (QED) is 0.741. The zero-order chi connectivity index (χ0) is 12.5. The fourth-order valence-electron chi connectivity index (χ4n) is 1.66.